The molecule has 0 heterocycles. The molecule has 1 saturated carbocycles. The number of hydrogen-bond donors (Lipinski definition) is 2. The van der Waals surface area contributed by atoms with Crippen molar-refractivity contribution in [1.82, 2.24) is 5.32 Å². The van der Waals surface area contributed by atoms with Crippen molar-refractivity contribution >= 4 is 23.5 Å². The Kier molecular flexibility index (Phi) is 4.01. The highest BCUT2D eigenvalue weighted by Gasteiger charge is 2.33. The lowest BCUT2D eigenvalue weighted by Crippen LogP contribution is -2.31. The monoisotopic (exact) mass is 266 g/mol. The second-order valence-corrected chi connectivity index (χ2v) is 5.36. The summed E-state index contributed by atoms with van der Waals surface area (Å²) in [5.74, 6) is 1.28. The first-order valence-electron chi connectivity index (χ1n) is 5.93. The summed E-state index contributed by atoms with van der Waals surface area (Å²) in [7, 11) is 1.60. The van der Waals surface area contributed by atoms with Crippen molar-refractivity contribution in [2.45, 2.75) is 24.3 Å². The standard InChI is InChI=1S/C13H18N2O2S/c1-8-6-11(8)15-13(16)14-10-5-4-9(18-3)7-12(10)17-2/h4-5,7-8,11H,6H2,1-3H3,(H2,14,15,16)/t8-,11+/m0/s1. The summed E-state index contributed by atoms with van der Waals surface area (Å²) in [4.78, 5) is 12.9. The first kappa shape index (κ1) is 13.1. The van der Waals surface area contributed by atoms with E-state index in [-0.39, 0.29) is 6.03 Å². The van der Waals surface area contributed by atoms with Crippen LogP contribution in [0.4, 0.5) is 10.5 Å². The van der Waals surface area contributed by atoms with Gasteiger partial charge in [0.15, 0.2) is 0 Å². The third kappa shape index (κ3) is 3.10. The van der Waals surface area contributed by atoms with Crippen LogP contribution in [0.15, 0.2) is 23.1 Å². The molecule has 1 aliphatic carbocycles. The Morgan fingerprint density at radius 3 is 2.78 bits per heavy atom. The summed E-state index contributed by atoms with van der Waals surface area (Å²) in [6, 6.07) is 5.89. The minimum absolute atomic E-state index is 0.167. The van der Waals surface area contributed by atoms with Gasteiger partial charge in [-0.15, -0.1) is 11.8 Å². The van der Waals surface area contributed by atoms with E-state index in [2.05, 4.69) is 17.6 Å². The molecule has 1 aromatic carbocycles. The predicted octanol–water partition coefficient (Wildman–Crippen LogP) is 2.95. The highest BCUT2D eigenvalue weighted by Crippen LogP contribution is 2.31. The van der Waals surface area contributed by atoms with Gasteiger partial charge < -0.3 is 15.4 Å². The van der Waals surface area contributed by atoms with E-state index in [1.165, 1.54) is 0 Å². The Balaban J connectivity index is 2.01. The van der Waals surface area contributed by atoms with Crippen molar-refractivity contribution in [3.63, 3.8) is 0 Å². The van der Waals surface area contributed by atoms with Gasteiger partial charge in [0.25, 0.3) is 0 Å². The van der Waals surface area contributed by atoms with Crippen molar-refractivity contribution in [2.75, 3.05) is 18.7 Å². The molecule has 18 heavy (non-hydrogen) atoms. The molecule has 1 aliphatic rings. The molecular formula is C13H18N2O2S. The number of thioether (sulfide) groups is 1. The van der Waals surface area contributed by atoms with Crippen LogP contribution in [0.3, 0.4) is 0 Å². The van der Waals surface area contributed by atoms with Crippen molar-refractivity contribution in [1.29, 1.82) is 0 Å². The Bertz CT molecular complexity index is 451. The lowest BCUT2D eigenvalue weighted by atomic mass is 10.3. The van der Waals surface area contributed by atoms with Crippen molar-refractivity contribution in [2.24, 2.45) is 5.92 Å². The molecule has 2 rings (SSSR count). The van der Waals surface area contributed by atoms with Gasteiger partial charge in [-0.05, 0) is 36.8 Å². The van der Waals surface area contributed by atoms with Gasteiger partial charge in [0.05, 0.1) is 12.8 Å². The number of carbonyl (C=O) groups is 1. The van der Waals surface area contributed by atoms with Gasteiger partial charge in [0.1, 0.15) is 5.75 Å². The summed E-state index contributed by atoms with van der Waals surface area (Å²) in [5.41, 5.74) is 0.695. The van der Waals surface area contributed by atoms with E-state index in [0.29, 0.717) is 23.4 Å². The van der Waals surface area contributed by atoms with Gasteiger partial charge >= 0.3 is 6.03 Å². The zero-order chi connectivity index (χ0) is 13.1. The summed E-state index contributed by atoms with van der Waals surface area (Å²) in [5, 5.41) is 5.74. The molecule has 0 spiro atoms. The maximum absolute atomic E-state index is 11.7. The first-order chi connectivity index (χ1) is 8.63. The Morgan fingerprint density at radius 2 is 2.22 bits per heavy atom. The molecule has 4 nitrogen and oxygen atoms in total. The fraction of sp³-hybridized carbons (Fsp3) is 0.462. The van der Waals surface area contributed by atoms with Gasteiger partial charge in [-0.25, -0.2) is 4.79 Å². The Labute approximate surface area is 111 Å². The maximum atomic E-state index is 11.7. The van der Waals surface area contributed by atoms with Crippen molar-refractivity contribution < 1.29 is 9.53 Å². The van der Waals surface area contributed by atoms with E-state index in [1.54, 1.807) is 18.9 Å². The minimum atomic E-state index is -0.167. The second kappa shape index (κ2) is 5.52. The van der Waals surface area contributed by atoms with Crippen LogP contribution in [-0.4, -0.2) is 25.4 Å². The smallest absolute Gasteiger partial charge is 0.319 e. The van der Waals surface area contributed by atoms with E-state index in [1.807, 2.05) is 24.5 Å². The maximum Gasteiger partial charge on any atom is 0.319 e. The normalized spacial score (nSPS) is 21.3. The zero-order valence-electron chi connectivity index (χ0n) is 10.8. The molecule has 2 N–H and O–H groups in total. The number of amides is 2. The minimum Gasteiger partial charge on any atom is -0.495 e. The van der Waals surface area contributed by atoms with Gasteiger partial charge in [0.2, 0.25) is 0 Å². The van der Waals surface area contributed by atoms with Gasteiger partial charge in [-0.3, -0.25) is 0 Å². The molecule has 2 atom stereocenters. The molecule has 1 fully saturated rings. The number of carbonyl (C=O) groups excluding carboxylic acids is 1. The highest BCUT2D eigenvalue weighted by molar-refractivity contribution is 7.98. The molecule has 98 valence electrons. The largest absolute Gasteiger partial charge is 0.495 e. The molecule has 0 unspecified atom stereocenters. The molecule has 0 saturated heterocycles. The summed E-state index contributed by atoms with van der Waals surface area (Å²) in [6.07, 6.45) is 3.07. The second-order valence-electron chi connectivity index (χ2n) is 4.48. The molecule has 0 radical (unpaired) electrons. The number of benzene rings is 1. The summed E-state index contributed by atoms with van der Waals surface area (Å²) >= 11 is 1.64. The first-order valence-corrected chi connectivity index (χ1v) is 7.16. The van der Waals surface area contributed by atoms with Crippen molar-refractivity contribution in [3.8, 4) is 5.75 Å². The molecular weight excluding hydrogens is 248 g/mol. The molecule has 2 amide bonds. The predicted molar refractivity (Wildman–Crippen MR) is 74.5 cm³/mol. The van der Waals surface area contributed by atoms with E-state index in [9.17, 15) is 4.79 Å². The van der Waals surface area contributed by atoms with E-state index in [4.69, 9.17) is 4.74 Å². The van der Waals surface area contributed by atoms with Crippen LogP contribution in [0.2, 0.25) is 0 Å². The number of rotatable bonds is 4. The summed E-state index contributed by atoms with van der Waals surface area (Å²) < 4.78 is 5.27. The van der Waals surface area contributed by atoms with Crippen LogP contribution in [0.1, 0.15) is 13.3 Å². The van der Waals surface area contributed by atoms with Gasteiger partial charge in [-0.2, -0.15) is 0 Å². The number of hydrogen-bond acceptors (Lipinski definition) is 3. The van der Waals surface area contributed by atoms with E-state index in [0.717, 1.165) is 11.3 Å². The Morgan fingerprint density at radius 1 is 1.50 bits per heavy atom. The topological polar surface area (TPSA) is 50.4 Å². The van der Waals surface area contributed by atoms with E-state index < -0.39 is 0 Å². The fourth-order valence-electron chi connectivity index (χ4n) is 1.75. The summed E-state index contributed by atoms with van der Waals surface area (Å²) in [6.45, 7) is 2.12. The molecule has 5 heteroatoms. The average Bonchev–Trinajstić information content (AvgIpc) is 3.05. The van der Waals surface area contributed by atoms with E-state index >= 15 is 0 Å². The van der Waals surface area contributed by atoms with Gasteiger partial charge in [-0.1, -0.05) is 6.92 Å². The van der Waals surface area contributed by atoms with Gasteiger partial charge in [0, 0.05) is 10.9 Å². The lowest BCUT2D eigenvalue weighted by Gasteiger charge is -2.12. The molecule has 1 aromatic rings. The number of ether oxygens (including phenoxy) is 1. The van der Waals surface area contributed by atoms with Crippen LogP contribution in [-0.2, 0) is 0 Å². The number of urea groups is 1. The molecule has 0 aliphatic heterocycles. The van der Waals surface area contributed by atoms with Crippen LogP contribution < -0.4 is 15.4 Å². The SMILES string of the molecule is COc1cc(SC)ccc1NC(=O)N[C@@H]1C[C@@H]1C. The number of nitrogens with one attached hydrogen (secondary N) is 2. The van der Waals surface area contributed by atoms with Crippen LogP contribution in [0.5, 0.6) is 5.75 Å². The van der Waals surface area contributed by atoms with Crippen LogP contribution >= 0.6 is 11.8 Å². The van der Waals surface area contributed by atoms with Crippen molar-refractivity contribution in [3.05, 3.63) is 18.2 Å². The van der Waals surface area contributed by atoms with Crippen LogP contribution in [0.25, 0.3) is 0 Å². The highest BCUT2D eigenvalue weighted by atomic mass is 32.2. The Hall–Kier alpha value is -1.36. The number of anilines is 1. The quantitative estimate of drug-likeness (QED) is 0.824. The number of methoxy groups -OCH3 is 1. The zero-order valence-corrected chi connectivity index (χ0v) is 11.6. The lowest BCUT2D eigenvalue weighted by molar-refractivity contribution is 0.251. The molecule has 0 aromatic heterocycles. The molecule has 0 bridgehead atoms. The third-order valence-electron chi connectivity index (χ3n) is 3.08. The fourth-order valence-corrected chi connectivity index (χ4v) is 2.18. The van der Waals surface area contributed by atoms with Crippen LogP contribution in [0, 0.1) is 5.92 Å². The average molecular weight is 266 g/mol. The third-order valence-corrected chi connectivity index (χ3v) is 3.81.